The van der Waals surface area contributed by atoms with Crippen molar-refractivity contribution in [2.45, 2.75) is 46.1 Å². The predicted molar refractivity (Wildman–Crippen MR) is 104 cm³/mol. The summed E-state index contributed by atoms with van der Waals surface area (Å²) in [6, 6.07) is 7.41. The lowest BCUT2D eigenvalue weighted by Gasteiger charge is -2.14. The summed E-state index contributed by atoms with van der Waals surface area (Å²) in [7, 11) is 1.60. The second kappa shape index (κ2) is 8.69. The van der Waals surface area contributed by atoms with Gasteiger partial charge in [0.25, 0.3) is 0 Å². The maximum Gasteiger partial charge on any atom is 0.226 e. The lowest BCUT2D eigenvalue weighted by atomic mass is 10.1. The fourth-order valence-corrected chi connectivity index (χ4v) is 3.28. The molecule has 2 N–H and O–H groups in total. The van der Waals surface area contributed by atoms with E-state index in [0.717, 1.165) is 22.5 Å². The molecule has 3 aromatic rings. The van der Waals surface area contributed by atoms with E-state index in [1.165, 1.54) is 0 Å². The largest absolute Gasteiger partial charge is 0.496 e. The average molecular weight is 383 g/mol. The second-order valence-corrected chi connectivity index (χ2v) is 6.70. The van der Waals surface area contributed by atoms with Crippen molar-refractivity contribution in [3.63, 3.8) is 0 Å². The number of nitrogens with zero attached hydrogens (tertiary/aromatic N) is 3. The number of H-pyrrole nitrogens is 1. The van der Waals surface area contributed by atoms with Crippen LogP contribution in [0.15, 0.2) is 28.8 Å². The summed E-state index contributed by atoms with van der Waals surface area (Å²) in [5, 5.41) is 14.1. The van der Waals surface area contributed by atoms with E-state index < -0.39 is 0 Å². The monoisotopic (exact) mass is 383 g/mol. The molecular formula is C20H25N5O3. The minimum absolute atomic E-state index is 0.0167. The number of rotatable bonds is 8. The third kappa shape index (κ3) is 4.39. The van der Waals surface area contributed by atoms with Gasteiger partial charge in [0.15, 0.2) is 0 Å². The number of carbonyl (C=O) groups is 1. The van der Waals surface area contributed by atoms with E-state index in [1.807, 2.05) is 45.0 Å². The number of aromatic amines is 1. The summed E-state index contributed by atoms with van der Waals surface area (Å²) in [5.74, 6) is 1.66. The topological polar surface area (TPSA) is 106 Å². The maximum atomic E-state index is 12.2. The number of benzene rings is 1. The summed E-state index contributed by atoms with van der Waals surface area (Å²) in [4.78, 5) is 16.7. The van der Waals surface area contributed by atoms with Crippen molar-refractivity contribution in [2.75, 3.05) is 7.11 Å². The smallest absolute Gasteiger partial charge is 0.226 e. The molecule has 1 unspecified atom stereocenters. The highest BCUT2D eigenvalue weighted by atomic mass is 16.5. The molecule has 148 valence electrons. The van der Waals surface area contributed by atoms with Gasteiger partial charge in [0.1, 0.15) is 5.75 Å². The van der Waals surface area contributed by atoms with Crippen LogP contribution >= 0.6 is 0 Å². The third-order valence-corrected chi connectivity index (χ3v) is 4.61. The van der Waals surface area contributed by atoms with Crippen LogP contribution in [0.25, 0.3) is 11.4 Å². The van der Waals surface area contributed by atoms with Gasteiger partial charge in [0, 0.05) is 24.1 Å². The number of carbonyl (C=O) groups excluding carboxylic acids is 1. The Labute approximate surface area is 163 Å². The molecule has 0 radical (unpaired) electrons. The Morgan fingerprint density at radius 2 is 2.11 bits per heavy atom. The molecule has 0 aliphatic rings. The number of hydrogen-bond acceptors (Lipinski definition) is 6. The first-order valence-electron chi connectivity index (χ1n) is 9.26. The minimum atomic E-state index is -0.0909. The van der Waals surface area contributed by atoms with E-state index in [2.05, 4.69) is 25.7 Å². The molecule has 0 saturated carbocycles. The molecule has 0 saturated heterocycles. The quantitative estimate of drug-likeness (QED) is 0.618. The van der Waals surface area contributed by atoms with Gasteiger partial charge < -0.3 is 14.6 Å². The lowest BCUT2D eigenvalue weighted by molar-refractivity contribution is -0.121. The molecule has 8 nitrogen and oxygen atoms in total. The van der Waals surface area contributed by atoms with E-state index in [9.17, 15) is 4.79 Å². The van der Waals surface area contributed by atoms with Crippen LogP contribution in [-0.4, -0.2) is 33.4 Å². The molecule has 8 heteroatoms. The zero-order chi connectivity index (χ0) is 20.1. The Morgan fingerprint density at radius 1 is 1.32 bits per heavy atom. The van der Waals surface area contributed by atoms with Crippen molar-refractivity contribution < 1.29 is 14.1 Å². The van der Waals surface area contributed by atoms with Gasteiger partial charge in [-0.1, -0.05) is 17.3 Å². The van der Waals surface area contributed by atoms with Crippen LogP contribution < -0.4 is 10.1 Å². The number of nitrogens with one attached hydrogen (secondary N) is 2. The Kier molecular flexibility index (Phi) is 6.08. The van der Waals surface area contributed by atoms with Crippen LogP contribution in [0.5, 0.6) is 5.75 Å². The molecule has 28 heavy (non-hydrogen) atoms. The number of aryl methyl sites for hydroxylation is 3. The van der Waals surface area contributed by atoms with Crippen LogP contribution in [0.1, 0.15) is 48.6 Å². The highest BCUT2D eigenvalue weighted by Gasteiger charge is 2.17. The molecule has 3 rings (SSSR count). The molecule has 0 aliphatic carbocycles. The van der Waals surface area contributed by atoms with Crippen molar-refractivity contribution in [2.24, 2.45) is 0 Å². The van der Waals surface area contributed by atoms with E-state index in [1.54, 1.807) is 7.11 Å². The summed E-state index contributed by atoms with van der Waals surface area (Å²) >= 11 is 0. The van der Waals surface area contributed by atoms with Crippen molar-refractivity contribution in [3.05, 3.63) is 47.1 Å². The van der Waals surface area contributed by atoms with Crippen molar-refractivity contribution in [3.8, 4) is 17.1 Å². The van der Waals surface area contributed by atoms with Crippen molar-refractivity contribution >= 4 is 5.91 Å². The molecule has 0 aliphatic heterocycles. The SMILES string of the molecule is COc1ccccc1-c1noc(CCCC(=O)NC(C)c2c(C)n[nH]c2C)n1. The number of ether oxygens (including phenoxy) is 1. The Bertz CT molecular complexity index is 927. The standard InChI is InChI=1S/C20H25N5O3/c1-12(19-13(2)23-24-14(19)3)21-17(26)10-7-11-18-22-20(25-28-18)15-8-5-6-9-16(15)27-4/h5-6,8-9,12H,7,10-11H2,1-4H3,(H,21,26)(H,23,24). The van der Waals surface area contributed by atoms with Crippen LogP contribution in [0.3, 0.4) is 0 Å². The molecule has 2 aromatic heterocycles. The van der Waals surface area contributed by atoms with E-state index in [0.29, 0.717) is 36.7 Å². The van der Waals surface area contributed by atoms with Crippen molar-refractivity contribution in [1.29, 1.82) is 0 Å². The van der Waals surface area contributed by atoms with Gasteiger partial charge in [-0.15, -0.1) is 0 Å². The molecule has 1 aromatic carbocycles. The van der Waals surface area contributed by atoms with E-state index in [-0.39, 0.29) is 11.9 Å². The van der Waals surface area contributed by atoms with Gasteiger partial charge in [-0.2, -0.15) is 10.1 Å². The fourth-order valence-electron chi connectivity index (χ4n) is 3.28. The third-order valence-electron chi connectivity index (χ3n) is 4.61. The average Bonchev–Trinajstić information content (AvgIpc) is 3.28. The number of aromatic nitrogens is 4. The highest BCUT2D eigenvalue weighted by Crippen LogP contribution is 2.27. The van der Waals surface area contributed by atoms with Gasteiger partial charge in [-0.3, -0.25) is 9.89 Å². The molecule has 1 atom stereocenters. The molecule has 0 spiro atoms. The zero-order valence-electron chi connectivity index (χ0n) is 16.6. The number of para-hydroxylation sites is 1. The van der Waals surface area contributed by atoms with Crippen LogP contribution in [-0.2, 0) is 11.2 Å². The fraction of sp³-hybridized carbons (Fsp3) is 0.400. The summed E-state index contributed by atoms with van der Waals surface area (Å²) < 4.78 is 10.6. The maximum absolute atomic E-state index is 12.2. The second-order valence-electron chi connectivity index (χ2n) is 6.70. The first-order valence-corrected chi connectivity index (χ1v) is 9.26. The van der Waals surface area contributed by atoms with Crippen LogP contribution in [0, 0.1) is 13.8 Å². The van der Waals surface area contributed by atoms with Gasteiger partial charge in [-0.05, 0) is 39.3 Å². The summed E-state index contributed by atoms with van der Waals surface area (Å²) in [5.41, 5.74) is 3.68. The van der Waals surface area contributed by atoms with Gasteiger partial charge in [0.05, 0.1) is 24.4 Å². The lowest BCUT2D eigenvalue weighted by Crippen LogP contribution is -2.27. The number of hydrogen-bond donors (Lipinski definition) is 2. The summed E-state index contributed by atoms with van der Waals surface area (Å²) in [6.45, 7) is 5.84. The first kappa shape index (κ1) is 19.6. The van der Waals surface area contributed by atoms with Crippen molar-refractivity contribution in [1.82, 2.24) is 25.7 Å². The Hall–Kier alpha value is -3.16. The normalized spacial score (nSPS) is 12.0. The molecule has 0 bridgehead atoms. The van der Waals surface area contributed by atoms with Gasteiger partial charge in [-0.25, -0.2) is 0 Å². The molecular weight excluding hydrogens is 358 g/mol. The molecule has 1 amide bonds. The van der Waals surface area contributed by atoms with Gasteiger partial charge >= 0.3 is 0 Å². The minimum Gasteiger partial charge on any atom is -0.496 e. The number of amides is 1. The number of methoxy groups -OCH3 is 1. The summed E-state index contributed by atoms with van der Waals surface area (Å²) in [6.07, 6.45) is 1.54. The van der Waals surface area contributed by atoms with E-state index >= 15 is 0 Å². The molecule has 0 fully saturated rings. The predicted octanol–water partition coefficient (Wildman–Crippen LogP) is 3.29. The Balaban J connectivity index is 1.51. The van der Waals surface area contributed by atoms with Gasteiger partial charge in [0.2, 0.25) is 17.6 Å². The Morgan fingerprint density at radius 3 is 2.82 bits per heavy atom. The zero-order valence-corrected chi connectivity index (χ0v) is 16.6. The highest BCUT2D eigenvalue weighted by molar-refractivity contribution is 5.76. The molecule has 2 heterocycles. The van der Waals surface area contributed by atoms with Crippen LogP contribution in [0.4, 0.5) is 0 Å². The van der Waals surface area contributed by atoms with E-state index in [4.69, 9.17) is 9.26 Å². The first-order chi connectivity index (χ1) is 13.5. The van der Waals surface area contributed by atoms with Crippen LogP contribution in [0.2, 0.25) is 0 Å².